The highest BCUT2D eigenvalue weighted by molar-refractivity contribution is 6.05. The summed E-state index contributed by atoms with van der Waals surface area (Å²) in [5, 5.41) is 0. The maximum absolute atomic E-state index is 13.4. The molecule has 0 saturated carbocycles. The average Bonchev–Trinajstić information content (AvgIpc) is 2.73. The number of hydrogen-bond donors (Lipinski definition) is 0. The van der Waals surface area contributed by atoms with Crippen molar-refractivity contribution in [1.82, 2.24) is 4.57 Å². The van der Waals surface area contributed by atoms with E-state index in [1.54, 1.807) is 31.3 Å². The van der Waals surface area contributed by atoms with Gasteiger partial charge < -0.3 is 14.2 Å². The Morgan fingerprint density at radius 1 is 1.06 bits per heavy atom. The van der Waals surface area contributed by atoms with Crippen LogP contribution < -0.4 is 15.2 Å². The van der Waals surface area contributed by atoms with Crippen LogP contribution in [-0.2, 0) is 24.2 Å². The summed E-state index contributed by atoms with van der Waals surface area (Å²) in [5.41, 5.74) is 2.91. The highest BCUT2D eigenvalue weighted by Crippen LogP contribution is 2.23. The molecule has 0 aliphatic heterocycles. The molecule has 1 heterocycles. The molecule has 166 valence electrons. The minimum atomic E-state index is -0.398. The first kappa shape index (κ1) is 22.8. The fourth-order valence-corrected chi connectivity index (χ4v) is 4.14. The molecule has 0 spiro atoms. The molecular weight excluding hydrogens is 392 g/mol. The first-order valence-electron chi connectivity index (χ1n) is 11.2. The van der Waals surface area contributed by atoms with Crippen molar-refractivity contribution in [2.75, 3.05) is 11.9 Å². The van der Waals surface area contributed by atoms with Gasteiger partial charge >= 0.3 is 5.97 Å². The Kier molecular flexibility index (Phi) is 7.66. The van der Waals surface area contributed by atoms with Crippen molar-refractivity contribution >= 4 is 17.6 Å². The van der Waals surface area contributed by atoms with Crippen molar-refractivity contribution in [2.45, 2.75) is 71.8 Å². The number of aryl methyl sites for hydroxylation is 1. The number of nitrogens with zero attached hydrogens (tertiary/aromatic N) is 2. The molecule has 2 aromatic rings. The van der Waals surface area contributed by atoms with Gasteiger partial charge in [0.2, 0.25) is 0 Å². The van der Waals surface area contributed by atoms with Gasteiger partial charge in [-0.3, -0.25) is 14.4 Å². The topological polar surface area (TPSA) is 68.6 Å². The molecular formula is C25H32N2O4. The zero-order valence-corrected chi connectivity index (χ0v) is 18.8. The second-order valence-corrected chi connectivity index (χ2v) is 8.21. The summed E-state index contributed by atoms with van der Waals surface area (Å²) in [4.78, 5) is 39.3. The van der Waals surface area contributed by atoms with Gasteiger partial charge in [-0.25, -0.2) is 0 Å². The van der Waals surface area contributed by atoms with E-state index in [1.807, 2.05) is 10.6 Å². The SMILES string of the molecule is CCCCn1c2c(cc(C(=O)N(C)c3ccc(OC(C)=O)cc3)c1=O)CCCCCC2. The number of rotatable bonds is 6. The summed E-state index contributed by atoms with van der Waals surface area (Å²) in [6.45, 7) is 4.10. The second kappa shape index (κ2) is 10.4. The van der Waals surface area contributed by atoms with Crippen LogP contribution in [0.2, 0.25) is 0 Å². The molecule has 1 aliphatic rings. The lowest BCUT2D eigenvalue weighted by atomic mass is 9.95. The lowest BCUT2D eigenvalue weighted by Gasteiger charge is -2.23. The Hall–Kier alpha value is -2.89. The number of fused-ring (bicyclic) bond motifs is 1. The molecule has 3 rings (SSSR count). The largest absolute Gasteiger partial charge is 0.427 e. The van der Waals surface area contributed by atoms with Crippen molar-refractivity contribution in [3.8, 4) is 5.75 Å². The van der Waals surface area contributed by atoms with E-state index in [2.05, 4.69) is 6.92 Å². The number of pyridine rings is 1. The molecule has 31 heavy (non-hydrogen) atoms. The van der Waals surface area contributed by atoms with E-state index in [0.717, 1.165) is 49.8 Å². The molecule has 0 fully saturated rings. The molecule has 0 unspecified atom stereocenters. The third-order valence-electron chi connectivity index (χ3n) is 5.86. The van der Waals surface area contributed by atoms with Gasteiger partial charge in [0.15, 0.2) is 0 Å². The smallest absolute Gasteiger partial charge is 0.308 e. The minimum absolute atomic E-state index is 0.193. The number of esters is 1. The van der Waals surface area contributed by atoms with Crippen LogP contribution in [0.4, 0.5) is 5.69 Å². The number of unbranched alkanes of at least 4 members (excludes halogenated alkanes) is 1. The van der Waals surface area contributed by atoms with Gasteiger partial charge in [-0.15, -0.1) is 0 Å². The summed E-state index contributed by atoms with van der Waals surface area (Å²) in [6.07, 6.45) is 8.25. The van der Waals surface area contributed by atoms with Gasteiger partial charge in [0.1, 0.15) is 11.3 Å². The standard InChI is InChI=1S/C25H32N2O4/c1-4-5-16-27-23-11-9-7-6-8-10-19(23)17-22(25(27)30)24(29)26(3)20-12-14-21(15-13-20)31-18(2)28/h12-15,17H,4-11,16H2,1-3H3. The number of amides is 1. The second-order valence-electron chi connectivity index (χ2n) is 8.21. The van der Waals surface area contributed by atoms with Crippen molar-refractivity contribution < 1.29 is 14.3 Å². The lowest BCUT2D eigenvalue weighted by Crippen LogP contribution is -2.36. The predicted molar refractivity (Wildman–Crippen MR) is 122 cm³/mol. The Balaban J connectivity index is 1.96. The van der Waals surface area contributed by atoms with E-state index in [9.17, 15) is 14.4 Å². The first-order chi connectivity index (χ1) is 14.9. The quantitative estimate of drug-likeness (QED) is 0.505. The van der Waals surface area contributed by atoms with E-state index in [4.69, 9.17) is 4.74 Å². The number of carbonyl (C=O) groups excluding carboxylic acids is 2. The van der Waals surface area contributed by atoms with Crippen molar-refractivity contribution in [3.05, 3.63) is 57.5 Å². The minimum Gasteiger partial charge on any atom is -0.427 e. The molecule has 0 atom stereocenters. The van der Waals surface area contributed by atoms with Crippen LogP contribution in [0.3, 0.4) is 0 Å². The third-order valence-corrected chi connectivity index (χ3v) is 5.86. The van der Waals surface area contributed by atoms with Crippen molar-refractivity contribution in [2.24, 2.45) is 0 Å². The van der Waals surface area contributed by atoms with Crippen LogP contribution >= 0.6 is 0 Å². The molecule has 0 bridgehead atoms. The summed E-state index contributed by atoms with van der Waals surface area (Å²) in [7, 11) is 1.66. The van der Waals surface area contributed by atoms with E-state index < -0.39 is 5.97 Å². The summed E-state index contributed by atoms with van der Waals surface area (Å²) < 4.78 is 6.91. The number of hydrogen-bond acceptors (Lipinski definition) is 4. The summed E-state index contributed by atoms with van der Waals surface area (Å²) in [6, 6.07) is 8.53. The number of carbonyl (C=O) groups is 2. The van der Waals surface area contributed by atoms with E-state index >= 15 is 0 Å². The Labute approximate surface area is 183 Å². The van der Waals surface area contributed by atoms with Crippen LogP contribution in [-0.4, -0.2) is 23.5 Å². The Morgan fingerprint density at radius 2 is 1.74 bits per heavy atom. The van der Waals surface area contributed by atoms with E-state index in [1.165, 1.54) is 24.7 Å². The van der Waals surface area contributed by atoms with E-state index in [-0.39, 0.29) is 17.0 Å². The summed E-state index contributed by atoms with van der Waals surface area (Å²) in [5.74, 6) is -0.300. The monoisotopic (exact) mass is 424 g/mol. The van der Waals surface area contributed by atoms with Crippen LogP contribution in [0.1, 0.15) is 74.0 Å². The maximum atomic E-state index is 13.4. The van der Waals surface area contributed by atoms with Gasteiger partial charge in [-0.05, 0) is 68.0 Å². The fourth-order valence-electron chi connectivity index (χ4n) is 4.14. The van der Waals surface area contributed by atoms with Gasteiger partial charge in [0.05, 0.1) is 0 Å². The number of aromatic nitrogens is 1. The van der Waals surface area contributed by atoms with Gasteiger partial charge in [-0.2, -0.15) is 0 Å². The van der Waals surface area contributed by atoms with Gasteiger partial charge in [0.25, 0.3) is 11.5 Å². The molecule has 1 aromatic heterocycles. The van der Waals surface area contributed by atoms with Crippen LogP contribution in [0.15, 0.2) is 35.1 Å². The van der Waals surface area contributed by atoms with Crippen molar-refractivity contribution in [3.63, 3.8) is 0 Å². The average molecular weight is 425 g/mol. The lowest BCUT2D eigenvalue weighted by molar-refractivity contribution is -0.131. The van der Waals surface area contributed by atoms with Crippen molar-refractivity contribution in [1.29, 1.82) is 0 Å². The normalized spacial score (nSPS) is 13.6. The molecule has 6 heteroatoms. The van der Waals surface area contributed by atoms with Gasteiger partial charge in [-0.1, -0.05) is 26.2 Å². The Morgan fingerprint density at radius 3 is 2.39 bits per heavy atom. The maximum Gasteiger partial charge on any atom is 0.308 e. The number of ether oxygens (including phenoxy) is 1. The zero-order chi connectivity index (χ0) is 22.4. The molecule has 1 aliphatic carbocycles. The highest BCUT2D eigenvalue weighted by Gasteiger charge is 2.23. The zero-order valence-electron chi connectivity index (χ0n) is 18.8. The molecule has 6 nitrogen and oxygen atoms in total. The fraction of sp³-hybridized carbons (Fsp3) is 0.480. The van der Waals surface area contributed by atoms with Crippen LogP contribution in [0.5, 0.6) is 5.75 Å². The molecule has 1 amide bonds. The van der Waals surface area contributed by atoms with Gasteiger partial charge in [0, 0.05) is 31.9 Å². The Bertz CT molecular complexity index is 992. The molecule has 0 saturated heterocycles. The molecule has 1 aromatic carbocycles. The number of benzene rings is 1. The molecule has 0 N–H and O–H groups in total. The van der Waals surface area contributed by atoms with Crippen LogP contribution in [0, 0.1) is 0 Å². The number of anilines is 1. The summed E-state index contributed by atoms with van der Waals surface area (Å²) >= 11 is 0. The third kappa shape index (κ3) is 5.43. The van der Waals surface area contributed by atoms with Crippen LogP contribution in [0.25, 0.3) is 0 Å². The van der Waals surface area contributed by atoms with E-state index in [0.29, 0.717) is 18.0 Å². The highest BCUT2D eigenvalue weighted by atomic mass is 16.5. The predicted octanol–water partition coefficient (Wildman–Crippen LogP) is 4.51. The first-order valence-corrected chi connectivity index (χ1v) is 11.2. The molecule has 0 radical (unpaired) electrons.